The van der Waals surface area contributed by atoms with Crippen molar-refractivity contribution in [2.75, 3.05) is 0 Å². The fourth-order valence-electron chi connectivity index (χ4n) is 2.83. The van der Waals surface area contributed by atoms with Gasteiger partial charge in [-0.15, -0.1) is 10.2 Å². The Morgan fingerprint density at radius 2 is 1.41 bits per heavy atom. The van der Waals surface area contributed by atoms with Gasteiger partial charge in [-0.2, -0.15) is 0 Å². The lowest BCUT2D eigenvalue weighted by Gasteiger charge is -2.05. The van der Waals surface area contributed by atoms with Crippen molar-refractivity contribution >= 4 is 17.5 Å². The summed E-state index contributed by atoms with van der Waals surface area (Å²) in [6.07, 6.45) is 0. The molecule has 0 fully saturated rings. The number of nitrogens with zero attached hydrogens (tertiary/aromatic N) is 2. The number of ketones is 1. The molecule has 1 aromatic heterocycles. The van der Waals surface area contributed by atoms with E-state index in [4.69, 9.17) is 0 Å². The van der Waals surface area contributed by atoms with Gasteiger partial charge in [-0.1, -0.05) is 96.7 Å². The quantitative estimate of drug-likeness (QED) is 0.385. The Morgan fingerprint density at radius 3 is 2.07 bits per heavy atom. The third-order valence-electron chi connectivity index (χ3n) is 4.35. The summed E-state index contributed by atoms with van der Waals surface area (Å²) in [7, 11) is 0. The number of aromatic nitrogens is 3. The summed E-state index contributed by atoms with van der Waals surface area (Å²) >= 11 is 1.39. The highest BCUT2D eigenvalue weighted by molar-refractivity contribution is 7.98. The number of carbonyl (C=O) groups is 1. The van der Waals surface area contributed by atoms with Gasteiger partial charge in [0, 0.05) is 22.4 Å². The number of thioether (sulfide) groups is 1. The molecule has 1 heterocycles. The maximum Gasteiger partial charge on any atom is 0.278 e. The van der Waals surface area contributed by atoms with Crippen molar-refractivity contribution in [3.63, 3.8) is 0 Å². The molecular formula is C23H17N3O2S. The SMILES string of the molecule is O=C(c1ccccc1)c1ccc(CSc2nnc(-c3ccccc3)c(=O)[nH]2)cc1. The molecule has 0 aliphatic carbocycles. The highest BCUT2D eigenvalue weighted by Gasteiger charge is 2.10. The molecule has 3 aromatic carbocycles. The maximum atomic E-state index is 12.5. The first-order valence-corrected chi connectivity index (χ1v) is 10.0. The normalized spacial score (nSPS) is 10.6. The zero-order chi connectivity index (χ0) is 20.1. The van der Waals surface area contributed by atoms with Gasteiger partial charge in [0.15, 0.2) is 16.6 Å². The fraction of sp³-hybridized carbons (Fsp3) is 0.0435. The Bertz CT molecular complexity index is 1170. The molecule has 0 saturated carbocycles. The minimum atomic E-state index is -0.266. The molecule has 0 aliphatic heterocycles. The van der Waals surface area contributed by atoms with Crippen LogP contribution in [0.3, 0.4) is 0 Å². The molecule has 0 bridgehead atoms. The molecule has 142 valence electrons. The fourth-order valence-corrected chi connectivity index (χ4v) is 3.59. The maximum absolute atomic E-state index is 12.5. The van der Waals surface area contributed by atoms with Gasteiger partial charge in [-0.05, 0) is 5.56 Å². The lowest BCUT2D eigenvalue weighted by Crippen LogP contribution is -2.14. The zero-order valence-electron chi connectivity index (χ0n) is 15.4. The van der Waals surface area contributed by atoms with Crippen LogP contribution in [0.15, 0.2) is 94.9 Å². The van der Waals surface area contributed by atoms with E-state index in [9.17, 15) is 9.59 Å². The van der Waals surface area contributed by atoms with Gasteiger partial charge < -0.3 is 0 Å². The van der Waals surface area contributed by atoms with Crippen molar-refractivity contribution in [2.45, 2.75) is 10.9 Å². The van der Waals surface area contributed by atoms with E-state index >= 15 is 0 Å². The summed E-state index contributed by atoms with van der Waals surface area (Å²) in [5, 5.41) is 8.65. The van der Waals surface area contributed by atoms with Gasteiger partial charge in [0.1, 0.15) is 0 Å². The van der Waals surface area contributed by atoms with E-state index < -0.39 is 0 Å². The molecule has 0 amide bonds. The standard InChI is InChI=1S/C23H17N3O2S/c27-21(18-9-5-2-6-10-18)19-13-11-16(12-14-19)15-29-23-24-22(28)20(25-26-23)17-7-3-1-4-8-17/h1-14H,15H2,(H,24,26,28). The van der Waals surface area contributed by atoms with Crippen molar-refractivity contribution < 1.29 is 4.79 Å². The highest BCUT2D eigenvalue weighted by Crippen LogP contribution is 2.20. The molecule has 0 aliphatic rings. The van der Waals surface area contributed by atoms with Gasteiger partial charge in [0.25, 0.3) is 5.56 Å². The van der Waals surface area contributed by atoms with Crippen LogP contribution in [-0.4, -0.2) is 21.0 Å². The number of hydrogen-bond acceptors (Lipinski definition) is 5. The van der Waals surface area contributed by atoms with Gasteiger partial charge in [-0.25, -0.2) is 0 Å². The lowest BCUT2D eigenvalue weighted by atomic mass is 10.0. The van der Waals surface area contributed by atoms with Crippen molar-refractivity contribution in [2.24, 2.45) is 0 Å². The lowest BCUT2D eigenvalue weighted by molar-refractivity contribution is 0.103. The van der Waals surface area contributed by atoms with Crippen LogP contribution in [0.1, 0.15) is 21.5 Å². The Labute approximate surface area is 171 Å². The molecule has 4 rings (SSSR count). The number of rotatable bonds is 6. The predicted octanol–water partition coefficient (Wildman–Crippen LogP) is 4.36. The molecule has 4 aromatic rings. The van der Waals surface area contributed by atoms with Gasteiger partial charge in [-0.3, -0.25) is 14.6 Å². The van der Waals surface area contributed by atoms with E-state index in [1.165, 1.54) is 11.8 Å². The summed E-state index contributed by atoms with van der Waals surface area (Å²) < 4.78 is 0. The topological polar surface area (TPSA) is 75.7 Å². The molecule has 0 spiro atoms. The molecule has 0 unspecified atom stereocenters. The summed E-state index contributed by atoms with van der Waals surface area (Å²) in [5.41, 5.74) is 3.11. The average molecular weight is 399 g/mol. The Morgan fingerprint density at radius 1 is 0.793 bits per heavy atom. The van der Waals surface area contributed by atoms with Crippen LogP contribution in [0, 0.1) is 0 Å². The van der Waals surface area contributed by atoms with Crippen molar-refractivity contribution in [3.8, 4) is 11.3 Å². The largest absolute Gasteiger partial charge is 0.298 e. The van der Waals surface area contributed by atoms with Crippen molar-refractivity contribution in [1.29, 1.82) is 0 Å². The Hall–Kier alpha value is -3.51. The molecule has 29 heavy (non-hydrogen) atoms. The first-order valence-electron chi connectivity index (χ1n) is 9.04. The molecule has 5 nitrogen and oxygen atoms in total. The number of nitrogens with one attached hydrogen (secondary N) is 1. The van der Waals surface area contributed by atoms with E-state index in [1.54, 1.807) is 12.1 Å². The van der Waals surface area contributed by atoms with E-state index in [2.05, 4.69) is 15.2 Å². The van der Waals surface area contributed by atoms with Crippen LogP contribution in [-0.2, 0) is 5.75 Å². The van der Waals surface area contributed by atoms with Crippen LogP contribution >= 0.6 is 11.8 Å². The molecule has 0 radical (unpaired) electrons. The average Bonchev–Trinajstić information content (AvgIpc) is 2.79. The Balaban J connectivity index is 1.42. The third-order valence-corrected chi connectivity index (χ3v) is 5.29. The second kappa shape index (κ2) is 8.67. The second-order valence-electron chi connectivity index (χ2n) is 6.35. The smallest absolute Gasteiger partial charge is 0.278 e. The first kappa shape index (κ1) is 18.8. The minimum Gasteiger partial charge on any atom is -0.298 e. The van der Waals surface area contributed by atoms with E-state index in [1.807, 2.05) is 72.8 Å². The molecular weight excluding hydrogens is 382 g/mol. The number of benzene rings is 3. The molecule has 1 N–H and O–H groups in total. The number of carbonyl (C=O) groups excluding carboxylic acids is 1. The van der Waals surface area contributed by atoms with Crippen molar-refractivity contribution in [3.05, 3.63) is 112 Å². The predicted molar refractivity (Wildman–Crippen MR) is 114 cm³/mol. The van der Waals surface area contributed by atoms with E-state index in [-0.39, 0.29) is 11.3 Å². The van der Waals surface area contributed by atoms with Crippen LogP contribution in [0.5, 0.6) is 0 Å². The minimum absolute atomic E-state index is 0.00324. The van der Waals surface area contributed by atoms with Crippen LogP contribution in [0.4, 0.5) is 0 Å². The number of aromatic amines is 1. The monoisotopic (exact) mass is 399 g/mol. The highest BCUT2D eigenvalue weighted by atomic mass is 32.2. The summed E-state index contributed by atoms with van der Waals surface area (Å²) in [6, 6.07) is 25.9. The summed E-state index contributed by atoms with van der Waals surface area (Å²) in [4.78, 5) is 27.5. The first-order chi connectivity index (χ1) is 14.2. The second-order valence-corrected chi connectivity index (χ2v) is 7.32. The molecule has 6 heteroatoms. The van der Waals surface area contributed by atoms with Crippen molar-refractivity contribution in [1.82, 2.24) is 15.2 Å². The van der Waals surface area contributed by atoms with E-state index in [0.29, 0.717) is 27.7 Å². The zero-order valence-corrected chi connectivity index (χ0v) is 16.2. The van der Waals surface area contributed by atoms with Crippen LogP contribution < -0.4 is 5.56 Å². The summed E-state index contributed by atoms with van der Waals surface area (Å²) in [5.74, 6) is 0.603. The van der Waals surface area contributed by atoms with Crippen LogP contribution in [0.25, 0.3) is 11.3 Å². The van der Waals surface area contributed by atoms with Crippen LogP contribution in [0.2, 0.25) is 0 Å². The molecule has 0 atom stereocenters. The third kappa shape index (κ3) is 4.50. The Kier molecular flexibility index (Phi) is 5.63. The van der Waals surface area contributed by atoms with Gasteiger partial charge in [0.2, 0.25) is 0 Å². The number of H-pyrrole nitrogens is 1. The van der Waals surface area contributed by atoms with Gasteiger partial charge >= 0.3 is 0 Å². The molecule has 0 saturated heterocycles. The summed E-state index contributed by atoms with van der Waals surface area (Å²) in [6.45, 7) is 0. The van der Waals surface area contributed by atoms with E-state index in [0.717, 1.165) is 11.1 Å². The van der Waals surface area contributed by atoms with Gasteiger partial charge in [0.05, 0.1) is 0 Å². The number of hydrogen-bond donors (Lipinski definition) is 1.